The first-order valence-electron chi connectivity index (χ1n) is 6.26. The number of halogens is 2. The number of esters is 1. The summed E-state index contributed by atoms with van der Waals surface area (Å²) in [6, 6.07) is 5.98. The molecule has 0 saturated carbocycles. The molecule has 0 aliphatic heterocycles. The maximum atomic E-state index is 13.8. The quantitative estimate of drug-likeness (QED) is 0.788. The van der Waals surface area contributed by atoms with Crippen LogP contribution in [0.5, 0.6) is 5.75 Å². The number of aliphatic hydroxyl groups is 1. The summed E-state index contributed by atoms with van der Waals surface area (Å²) in [5, 5.41) is 19.0. The lowest BCUT2D eigenvalue weighted by Crippen LogP contribution is -2.52. The third kappa shape index (κ3) is 3.66. The van der Waals surface area contributed by atoms with Gasteiger partial charge in [0.15, 0.2) is 0 Å². The fraction of sp³-hybridized carbons (Fsp3) is 0.500. The second-order valence-electron chi connectivity index (χ2n) is 4.74. The van der Waals surface area contributed by atoms with E-state index in [1.54, 1.807) is 12.1 Å². The Kier molecular flexibility index (Phi) is 5.05. The van der Waals surface area contributed by atoms with E-state index in [1.165, 1.54) is 19.1 Å². The largest absolute Gasteiger partial charge is 0.508 e. The van der Waals surface area contributed by atoms with Gasteiger partial charge in [-0.15, -0.1) is 0 Å². The molecule has 1 aromatic carbocycles. The second-order valence-corrected chi connectivity index (χ2v) is 4.74. The van der Waals surface area contributed by atoms with Gasteiger partial charge in [0.05, 0.1) is 6.61 Å². The minimum absolute atomic E-state index is 0.0670. The van der Waals surface area contributed by atoms with Gasteiger partial charge in [-0.2, -0.15) is 8.78 Å². The van der Waals surface area contributed by atoms with Crippen LogP contribution in [0.15, 0.2) is 24.3 Å². The zero-order valence-electron chi connectivity index (χ0n) is 11.4. The number of hydrogen-bond donors (Lipinski definition) is 2. The number of carbonyl (C=O) groups is 1. The highest BCUT2D eigenvalue weighted by Gasteiger charge is 2.56. The van der Waals surface area contributed by atoms with Crippen molar-refractivity contribution in [2.75, 3.05) is 6.61 Å². The summed E-state index contributed by atoms with van der Waals surface area (Å²) in [5.41, 5.74) is -1.83. The van der Waals surface area contributed by atoms with Gasteiger partial charge < -0.3 is 14.9 Å². The van der Waals surface area contributed by atoms with E-state index in [0.717, 1.165) is 6.92 Å². The standard InChI is InChI=1S/C14H18F2O4/c1-3-20-12(18)14(15,16)13(2,19)9-8-10-4-6-11(17)7-5-10/h4-7,17,19H,3,8-9H2,1-2H3. The van der Waals surface area contributed by atoms with Crippen molar-refractivity contribution >= 4 is 5.97 Å². The van der Waals surface area contributed by atoms with Crippen molar-refractivity contribution in [3.05, 3.63) is 29.8 Å². The number of carbonyl (C=O) groups excluding carboxylic acids is 1. The van der Waals surface area contributed by atoms with Crippen molar-refractivity contribution < 1.29 is 28.5 Å². The zero-order valence-corrected chi connectivity index (χ0v) is 11.4. The molecule has 0 saturated heterocycles. The Labute approximate surface area is 116 Å². The van der Waals surface area contributed by atoms with Gasteiger partial charge >= 0.3 is 11.9 Å². The minimum atomic E-state index is -3.97. The first-order chi connectivity index (χ1) is 9.20. The van der Waals surface area contributed by atoms with Crippen LogP contribution in [0.4, 0.5) is 8.78 Å². The van der Waals surface area contributed by atoms with Crippen LogP contribution in [0, 0.1) is 0 Å². The van der Waals surface area contributed by atoms with Crippen LogP contribution in [-0.4, -0.2) is 34.3 Å². The number of phenols is 1. The zero-order chi connectivity index (χ0) is 15.4. The number of phenolic OH excluding ortho intramolecular Hbond substituents is 1. The van der Waals surface area contributed by atoms with Crippen LogP contribution in [0.1, 0.15) is 25.8 Å². The maximum Gasteiger partial charge on any atom is 0.380 e. The monoisotopic (exact) mass is 288 g/mol. The number of aryl methyl sites for hydroxylation is 1. The highest BCUT2D eigenvalue weighted by Crippen LogP contribution is 2.33. The number of hydrogen-bond acceptors (Lipinski definition) is 4. The smallest absolute Gasteiger partial charge is 0.380 e. The lowest BCUT2D eigenvalue weighted by atomic mass is 9.90. The third-order valence-electron chi connectivity index (χ3n) is 3.05. The first kappa shape index (κ1) is 16.4. The Morgan fingerprint density at radius 1 is 1.30 bits per heavy atom. The van der Waals surface area contributed by atoms with E-state index in [0.29, 0.717) is 5.56 Å². The topological polar surface area (TPSA) is 66.8 Å². The van der Waals surface area contributed by atoms with Gasteiger partial charge in [0, 0.05) is 0 Å². The molecule has 6 heteroatoms. The van der Waals surface area contributed by atoms with Gasteiger partial charge in [0.25, 0.3) is 0 Å². The van der Waals surface area contributed by atoms with Crippen molar-refractivity contribution in [1.82, 2.24) is 0 Å². The van der Waals surface area contributed by atoms with Crippen LogP contribution < -0.4 is 0 Å². The van der Waals surface area contributed by atoms with Gasteiger partial charge in [0.2, 0.25) is 0 Å². The summed E-state index contributed by atoms with van der Waals surface area (Å²) in [6.07, 6.45) is -0.175. The van der Waals surface area contributed by atoms with Crippen LogP contribution >= 0.6 is 0 Å². The Morgan fingerprint density at radius 2 is 1.85 bits per heavy atom. The molecular weight excluding hydrogens is 270 g/mol. The summed E-state index contributed by atoms with van der Waals surface area (Å²) in [7, 11) is 0. The molecule has 0 amide bonds. The molecule has 0 radical (unpaired) electrons. The highest BCUT2D eigenvalue weighted by atomic mass is 19.3. The Bertz CT molecular complexity index is 455. The molecule has 0 bridgehead atoms. The molecule has 0 fully saturated rings. The van der Waals surface area contributed by atoms with Crippen molar-refractivity contribution in [3.8, 4) is 5.75 Å². The normalized spacial score (nSPS) is 14.7. The average molecular weight is 288 g/mol. The lowest BCUT2D eigenvalue weighted by Gasteiger charge is -2.30. The molecule has 0 aliphatic carbocycles. The van der Waals surface area contributed by atoms with Crippen molar-refractivity contribution in [1.29, 1.82) is 0 Å². The van der Waals surface area contributed by atoms with Crippen LogP contribution in [0.25, 0.3) is 0 Å². The van der Waals surface area contributed by atoms with Crippen molar-refractivity contribution in [2.24, 2.45) is 0 Å². The summed E-state index contributed by atoms with van der Waals surface area (Å²) >= 11 is 0. The molecule has 0 aliphatic rings. The van der Waals surface area contributed by atoms with E-state index in [4.69, 9.17) is 5.11 Å². The molecule has 20 heavy (non-hydrogen) atoms. The summed E-state index contributed by atoms with van der Waals surface area (Å²) in [6.45, 7) is 2.14. The Morgan fingerprint density at radius 3 is 2.35 bits per heavy atom. The fourth-order valence-electron chi connectivity index (χ4n) is 1.65. The predicted octanol–water partition coefficient (Wildman–Crippen LogP) is 2.27. The fourth-order valence-corrected chi connectivity index (χ4v) is 1.65. The van der Waals surface area contributed by atoms with Crippen LogP contribution in [0.2, 0.25) is 0 Å². The predicted molar refractivity (Wildman–Crippen MR) is 68.6 cm³/mol. The van der Waals surface area contributed by atoms with Gasteiger partial charge in [-0.05, 0) is 44.4 Å². The van der Waals surface area contributed by atoms with Crippen LogP contribution in [-0.2, 0) is 16.0 Å². The van der Waals surface area contributed by atoms with E-state index in [9.17, 15) is 18.7 Å². The number of rotatable bonds is 6. The van der Waals surface area contributed by atoms with Gasteiger partial charge in [0.1, 0.15) is 11.4 Å². The average Bonchev–Trinajstić information content (AvgIpc) is 2.38. The minimum Gasteiger partial charge on any atom is -0.508 e. The van der Waals surface area contributed by atoms with Gasteiger partial charge in [-0.3, -0.25) is 0 Å². The van der Waals surface area contributed by atoms with E-state index in [1.807, 2.05) is 0 Å². The summed E-state index contributed by atoms with van der Waals surface area (Å²) < 4.78 is 31.8. The first-order valence-corrected chi connectivity index (χ1v) is 6.26. The second kappa shape index (κ2) is 6.17. The highest BCUT2D eigenvalue weighted by molar-refractivity contribution is 5.79. The van der Waals surface area contributed by atoms with Crippen molar-refractivity contribution in [2.45, 2.75) is 38.2 Å². The Hall–Kier alpha value is -1.69. The molecule has 0 aromatic heterocycles. The van der Waals surface area contributed by atoms with Crippen molar-refractivity contribution in [3.63, 3.8) is 0 Å². The molecule has 0 heterocycles. The molecule has 1 rings (SSSR count). The molecule has 112 valence electrons. The molecule has 1 unspecified atom stereocenters. The molecule has 1 atom stereocenters. The van der Waals surface area contributed by atoms with E-state index in [2.05, 4.69) is 4.74 Å². The van der Waals surface area contributed by atoms with Gasteiger partial charge in [-0.25, -0.2) is 4.79 Å². The number of benzene rings is 1. The molecule has 1 aromatic rings. The van der Waals surface area contributed by atoms with Gasteiger partial charge in [-0.1, -0.05) is 12.1 Å². The lowest BCUT2D eigenvalue weighted by molar-refractivity contribution is -0.210. The van der Waals surface area contributed by atoms with E-state index < -0.39 is 17.5 Å². The van der Waals surface area contributed by atoms with E-state index in [-0.39, 0.29) is 25.2 Å². The molecule has 4 nitrogen and oxygen atoms in total. The summed E-state index contributed by atoms with van der Waals surface area (Å²) in [5.74, 6) is -5.63. The summed E-state index contributed by atoms with van der Waals surface area (Å²) in [4.78, 5) is 11.2. The Balaban J connectivity index is 2.73. The maximum absolute atomic E-state index is 13.8. The number of ether oxygens (including phenoxy) is 1. The molecule has 2 N–H and O–H groups in total. The van der Waals surface area contributed by atoms with Crippen LogP contribution in [0.3, 0.4) is 0 Å². The molecular formula is C14H18F2O4. The van der Waals surface area contributed by atoms with E-state index >= 15 is 0 Å². The number of alkyl halides is 2. The molecule has 0 spiro atoms. The number of aromatic hydroxyl groups is 1. The third-order valence-corrected chi connectivity index (χ3v) is 3.05. The SMILES string of the molecule is CCOC(=O)C(F)(F)C(C)(O)CCc1ccc(O)cc1.